The van der Waals surface area contributed by atoms with E-state index < -0.39 is 0 Å². The Morgan fingerprint density at radius 2 is 1.11 bits per heavy atom. The Hall–Kier alpha value is -3.78. The van der Waals surface area contributed by atoms with Gasteiger partial charge in [0, 0.05) is 5.56 Å². The van der Waals surface area contributed by atoms with Crippen LogP contribution in [0.3, 0.4) is 0 Å². The van der Waals surface area contributed by atoms with Gasteiger partial charge in [-0.3, -0.25) is 5.41 Å². The maximum absolute atomic E-state index is 7.94. The fourth-order valence-electron chi connectivity index (χ4n) is 4.02. The van der Waals surface area contributed by atoms with Crippen molar-refractivity contribution in [2.45, 2.75) is 0 Å². The van der Waals surface area contributed by atoms with Gasteiger partial charge in [0.1, 0.15) is 0 Å². The van der Waals surface area contributed by atoms with Crippen molar-refractivity contribution >= 4 is 44.9 Å². The Kier molecular flexibility index (Phi) is 3.77. The van der Waals surface area contributed by atoms with Crippen molar-refractivity contribution in [3.05, 3.63) is 96.6 Å². The Morgan fingerprint density at radius 3 is 1.71 bits per heavy atom. The molecule has 0 aliphatic carbocycles. The number of fused-ring (bicyclic) bond motifs is 6. The molecule has 0 aliphatic heterocycles. The molecule has 5 aromatic carbocycles. The molecule has 0 radical (unpaired) electrons. The van der Waals surface area contributed by atoms with Gasteiger partial charge in [0.15, 0.2) is 5.84 Å². The summed E-state index contributed by atoms with van der Waals surface area (Å²) >= 11 is 0. The van der Waals surface area contributed by atoms with Gasteiger partial charge in [-0.1, -0.05) is 78.9 Å². The summed E-state index contributed by atoms with van der Waals surface area (Å²) in [5.74, 6) is 0.194. The van der Waals surface area contributed by atoms with Crippen molar-refractivity contribution in [1.29, 1.82) is 5.41 Å². The lowest BCUT2D eigenvalue weighted by Gasteiger charge is -2.12. The summed E-state index contributed by atoms with van der Waals surface area (Å²) < 4.78 is 0. The van der Waals surface area contributed by atoms with Gasteiger partial charge in [0.05, 0.1) is 0 Å². The Balaban J connectivity index is 1.83. The summed E-state index contributed by atoms with van der Waals surface area (Å²) in [6.45, 7) is 3.47. The molecule has 28 heavy (non-hydrogen) atoms. The summed E-state index contributed by atoms with van der Waals surface area (Å²) in [6.07, 6.45) is 0. The first-order chi connectivity index (χ1) is 13.8. The minimum Gasteiger partial charge on any atom is -0.282 e. The van der Waals surface area contributed by atoms with E-state index in [1.807, 2.05) is 18.2 Å². The van der Waals surface area contributed by atoms with E-state index in [2.05, 4.69) is 84.5 Å². The average molecular weight is 358 g/mol. The molecule has 5 rings (SSSR count). The molecule has 0 fully saturated rings. The van der Waals surface area contributed by atoms with Gasteiger partial charge < -0.3 is 0 Å². The van der Waals surface area contributed by atoms with Gasteiger partial charge in [0.2, 0.25) is 0 Å². The van der Waals surface area contributed by atoms with Crippen LogP contribution < -0.4 is 0 Å². The van der Waals surface area contributed by atoms with Crippen LogP contribution in [0.15, 0.2) is 96.0 Å². The largest absolute Gasteiger partial charge is 0.282 e. The van der Waals surface area contributed by atoms with Crippen LogP contribution in [-0.4, -0.2) is 12.6 Å². The van der Waals surface area contributed by atoms with E-state index in [-0.39, 0.29) is 5.84 Å². The number of hydrogen-bond acceptors (Lipinski definition) is 1. The highest BCUT2D eigenvalue weighted by Crippen LogP contribution is 2.37. The number of nitrogens with zero attached hydrogens (tertiary/aromatic N) is 1. The molecule has 0 aromatic heterocycles. The van der Waals surface area contributed by atoms with Crippen molar-refractivity contribution in [3.63, 3.8) is 0 Å². The third-order valence-corrected chi connectivity index (χ3v) is 5.37. The molecule has 0 atom stereocenters. The summed E-state index contributed by atoms with van der Waals surface area (Å²) in [6, 6.07) is 31.7. The van der Waals surface area contributed by atoms with Crippen molar-refractivity contribution in [3.8, 4) is 11.1 Å². The molecule has 0 unspecified atom stereocenters. The molecule has 0 amide bonds. The molecule has 5 aromatic rings. The van der Waals surface area contributed by atoms with Crippen LogP contribution in [0.4, 0.5) is 0 Å². The quantitative estimate of drug-likeness (QED) is 0.204. The van der Waals surface area contributed by atoms with Crippen LogP contribution in [0.25, 0.3) is 43.4 Å². The predicted octanol–water partition coefficient (Wildman–Crippen LogP) is 6.84. The second-order valence-electron chi connectivity index (χ2n) is 6.94. The van der Waals surface area contributed by atoms with Gasteiger partial charge in [-0.25, -0.2) is 4.99 Å². The number of amidine groups is 1. The van der Waals surface area contributed by atoms with Crippen molar-refractivity contribution < 1.29 is 0 Å². The predicted molar refractivity (Wildman–Crippen MR) is 121 cm³/mol. The molecule has 2 heteroatoms. The van der Waals surface area contributed by atoms with E-state index in [1.165, 1.54) is 32.3 Å². The maximum atomic E-state index is 7.94. The van der Waals surface area contributed by atoms with Crippen LogP contribution in [0.5, 0.6) is 0 Å². The van der Waals surface area contributed by atoms with Crippen LogP contribution in [0, 0.1) is 5.41 Å². The van der Waals surface area contributed by atoms with Gasteiger partial charge in [-0.15, -0.1) is 0 Å². The minimum absolute atomic E-state index is 0.194. The third-order valence-electron chi connectivity index (χ3n) is 5.37. The molecule has 2 nitrogen and oxygen atoms in total. The van der Waals surface area contributed by atoms with Crippen molar-refractivity contribution in [2.75, 3.05) is 0 Å². The molecule has 0 saturated carbocycles. The van der Waals surface area contributed by atoms with E-state index >= 15 is 0 Å². The standard InChI is InChI=1S/C26H18N2/c1-28-26(27)19-8-6-7-17(15-19)18-13-14-24-22-11-3-2-9-20(22)21-10-4-5-12-23(21)25(24)16-18/h2-16,27H,1H2. The fraction of sp³-hybridized carbons (Fsp3) is 0. The molecule has 0 heterocycles. The van der Waals surface area contributed by atoms with E-state index in [0.29, 0.717) is 0 Å². The number of nitrogens with one attached hydrogen (secondary N) is 1. The zero-order valence-corrected chi connectivity index (χ0v) is 15.3. The SMILES string of the molecule is C=NC(=N)c1cccc(-c2ccc3c4ccccc4c4ccccc4c3c2)c1. The third kappa shape index (κ3) is 2.50. The zero-order valence-electron chi connectivity index (χ0n) is 15.3. The van der Waals surface area contributed by atoms with E-state index in [1.54, 1.807) is 0 Å². The van der Waals surface area contributed by atoms with E-state index in [9.17, 15) is 0 Å². The minimum atomic E-state index is 0.194. The lowest BCUT2D eigenvalue weighted by atomic mass is 9.92. The normalized spacial score (nSPS) is 11.1. The molecular weight excluding hydrogens is 340 g/mol. The average Bonchev–Trinajstić information content (AvgIpc) is 2.78. The molecule has 0 aliphatic rings. The monoisotopic (exact) mass is 358 g/mol. The summed E-state index contributed by atoms with van der Waals surface area (Å²) in [7, 11) is 0. The molecule has 1 N–H and O–H groups in total. The van der Waals surface area contributed by atoms with Gasteiger partial charge >= 0.3 is 0 Å². The Bertz CT molecular complexity index is 1360. The van der Waals surface area contributed by atoms with Crippen LogP contribution in [0.2, 0.25) is 0 Å². The van der Waals surface area contributed by atoms with Crippen LogP contribution in [-0.2, 0) is 0 Å². The molecule has 0 saturated heterocycles. The van der Waals surface area contributed by atoms with Crippen molar-refractivity contribution in [2.24, 2.45) is 4.99 Å². The van der Waals surface area contributed by atoms with Crippen LogP contribution in [0.1, 0.15) is 5.56 Å². The van der Waals surface area contributed by atoms with E-state index in [4.69, 9.17) is 5.41 Å². The Labute approximate surface area is 163 Å². The lowest BCUT2D eigenvalue weighted by molar-refractivity contribution is 1.43. The highest BCUT2D eigenvalue weighted by molar-refractivity contribution is 6.25. The summed E-state index contributed by atoms with van der Waals surface area (Å²) in [5.41, 5.74) is 2.98. The highest BCUT2D eigenvalue weighted by Gasteiger charge is 2.10. The fourth-order valence-corrected chi connectivity index (χ4v) is 4.02. The maximum Gasteiger partial charge on any atom is 0.151 e. The topological polar surface area (TPSA) is 36.2 Å². The first-order valence-electron chi connectivity index (χ1n) is 9.25. The van der Waals surface area contributed by atoms with Crippen LogP contribution >= 0.6 is 0 Å². The number of rotatable bonds is 2. The first-order valence-corrected chi connectivity index (χ1v) is 9.25. The molecule has 0 bridgehead atoms. The second kappa shape index (κ2) is 6.43. The number of aliphatic imine (C=N–C) groups is 1. The molecule has 132 valence electrons. The van der Waals surface area contributed by atoms with Gasteiger partial charge in [0.25, 0.3) is 0 Å². The smallest absolute Gasteiger partial charge is 0.151 e. The second-order valence-corrected chi connectivity index (χ2v) is 6.94. The first kappa shape index (κ1) is 16.4. The summed E-state index contributed by atoms with van der Waals surface area (Å²) in [5, 5.41) is 15.5. The lowest BCUT2D eigenvalue weighted by Crippen LogP contribution is -1.94. The van der Waals surface area contributed by atoms with Gasteiger partial charge in [-0.05, 0) is 62.3 Å². The zero-order chi connectivity index (χ0) is 19.1. The number of hydrogen-bond donors (Lipinski definition) is 1. The van der Waals surface area contributed by atoms with Crippen molar-refractivity contribution in [1.82, 2.24) is 0 Å². The summed E-state index contributed by atoms with van der Waals surface area (Å²) in [4.78, 5) is 3.75. The highest BCUT2D eigenvalue weighted by atomic mass is 14.8. The number of benzene rings is 5. The van der Waals surface area contributed by atoms with Gasteiger partial charge in [-0.2, -0.15) is 0 Å². The molecule has 0 spiro atoms. The van der Waals surface area contributed by atoms with E-state index in [0.717, 1.165) is 16.7 Å². The molecular formula is C26H18N2. The Morgan fingerprint density at radius 1 is 0.571 bits per heavy atom.